The largest absolute Gasteiger partial charge is 0.496 e. The number of hydrogen-bond donors (Lipinski definition) is 1. The standard InChI is InChI=1S/C19H25N5O2S.HI/c1-13-9-14-10-16(25-2)15(11-17(14)26-13)12-22-18(20)23-4-6-24(7-5-23)19-21-3-8-27-19;/h3,8,10-11,13H,4-7,9,12H2,1-2H3,(H2,20,22);1H. The zero-order valence-electron chi connectivity index (χ0n) is 16.1. The second-order valence-corrected chi connectivity index (χ2v) is 7.74. The Morgan fingerprint density at radius 2 is 2.14 bits per heavy atom. The number of anilines is 1. The lowest BCUT2D eigenvalue weighted by atomic mass is 10.1. The summed E-state index contributed by atoms with van der Waals surface area (Å²) in [5.74, 6) is 2.35. The van der Waals surface area contributed by atoms with Gasteiger partial charge < -0.3 is 25.0 Å². The van der Waals surface area contributed by atoms with Gasteiger partial charge >= 0.3 is 0 Å². The molecule has 0 saturated carbocycles. The van der Waals surface area contributed by atoms with Crippen LogP contribution in [0.4, 0.5) is 5.13 Å². The molecule has 152 valence electrons. The number of ether oxygens (including phenoxy) is 2. The number of benzene rings is 1. The van der Waals surface area contributed by atoms with E-state index in [0.717, 1.165) is 54.8 Å². The molecule has 1 unspecified atom stereocenters. The molecule has 7 nitrogen and oxygen atoms in total. The van der Waals surface area contributed by atoms with Gasteiger partial charge in [0.1, 0.15) is 17.6 Å². The van der Waals surface area contributed by atoms with E-state index in [-0.39, 0.29) is 30.1 Å². The van der Waals surface area contributed by atoms with Gasteiger partial charge in [-0.1, -0.05) is 0 Å². The van der Waals surface area contributed by atoms with Crippen LogP contribution in [0.15, 0.2) is 28.7 Å². The van der Waals surface area contributed by atoms with Crippen LogP contribution in [0.5, 0.6) is 11.5 Å². The summed E-state index contributed by atoms with van der Waals surface area (Å²) in [6, 6.07) is 4.10. The Hall–Kier alpha value is -1.75. The fraction of sp³-hybridized carbons (Fsp3) is 0.474. The summed E-state index contributed by atoms with van der Waals surface area (Å²) in [6.07, 6.45) is 2.97. The smallest absolute Gasteiger partial charge is 0.191 e. The van der Waals surface area contributed by atoms with E-state index in [1.54, 1.807) is 18.4 Å². The van der Waals surface area contributed by atoms with Crippen LogP contribution < -0.4 is 20.1 Å². The molecular formula is C19H26IN5O2S. The minimum absolute atomic E-state index is 0. The molecule has 0 bridgehead atoms. The van der Waals surface area contributed by atoms with E-state index in [4.69, 9.17) is 15.2 Å². The molecule has 2 N–H and O–H groups in total. The van der Waals surface area contributed by atoms with Gasteiger partial charge in [-0.2, -0.15) is 0 Å². The summed E-state index contributed by atoms with van der Waals surface area (Å²) in [7, 11) is 1.69. The lowest BCUT2D eigenvalue weighted by molar-refractivity contribution is 0.254. The Morgan fingerprint density at radius 3 is 2.82 bits per heavy atom. The van der Waals surface area contributed by atoms with E-state index in [1.807, 2.05) is 17.6 Å². The van der Waals surface area contributed by atoms with Gasteiger partial charge in [-0.05, 0) is 19.1 Å². The first-order valence-electron chi connectivity index (χ1n) is 9.20. The Kier molecular flexibility index (Phi) is 6.86. The average Bonchev–Trinajstić information content (AvgIpc) is 3.34. The van der Waals surface area contributed by atoms with E-state index < -0.39 is 0 Å². The van der Waals surface area contributed by atoms with Crippen molar-refractivity contribution in [2.45, 2.75) is 26.0 Å². The van der Waals surface area contributed by atoms with Gasteiger partial charge in [0, 0.05) is 55.3 Å². The fourth-order valence-electron chi connectivity index (χ4n) is 3.56. The minimum atomic E-state index is 0. The molecule has 3 heterocycles. The summed E-state index contributed by atoms with van der Waals surface area (Å²) in [5, 5.41) is 3.08. The summed E-state index contributed by atoms with van der Waals surface area (Å²) in [6.45, 7) is 6.04. The predicted octanol–water partition coefficient (Wildman–Crippen LogP) is 2.73. The van der Waals surface area contributed by atoms with Crippen LogP contribution in [0.2, 0.25) is 0 Å². The van der Waals surface area contributed by atoms with Crippen molar-refractivity contribution in [3.05, 3.63) is 34.8 Å². The Labute approximate surface area is 186 Å². The number of methoxy groups -OCH3 is 1. The van der Waals surface area contributed by atoms with Gasteiger partial charge in [0.25, 0.3) is 0 Å². The highest BCUT2D eigenvalue weighted by atomic mass is 127. The van der Waals surface area contributed by atoms with Gasteiger partial charge in [-0.15, -0.1) is 35.3 Å². The van der Waals surface area contributed by atoms with E-state index in [2.05, 4.69) is 32.8 Å². The third kappa shape index (κ3) is 4.45. The van der Waals surface area contributed by atoms with Crippen molar-refractivity contribution in [1.29, 1.82) is 0 Å². The molecule has 0 aliphatic carbocycles. The van der Waals surface area contributed by atoms with E-state index in [9.17, 15) is 0 Å². The third-order valence-corrected chi connectivity index (χ3v) is 5.84. The van der Waals surface area contributed by atoms with Crippen molar-refractivity contribution >= 4 is 46.4 Å². The van der Waals surface area contributed by atoms with Gasteiger partial charge in [-0.3, -0.25) is 0 Å². The maximum atomic E-state index is 6.26. The molecule has 2 aliphatic heterocycles. The number of aliphatic imine (C=N–C) groups is 1. The van der Waals surface area contributed by atoms with Gasteiger partial charge in [0.15, 0.2) is 11.1 Å². The molecule has 9 heteroatoms. The van der Waals surface area contributed by atoms with Crippen LogP contribution in [0.25, 0.3) is 0 Å². The molecule has 0 radical (unpaired) electrons. The molecule has 1 aromatic heterocycles. The van der Waals surface area contributed by atoms with Crippen molar-refractivity contribution in [2.24, 2.45) is 10.7 Å². The highest BCUT2D eigenvalue weighted by Crippen LogP contribution is 2.35. The van der Waals surface area contributed by atoms with Crippen LogP contribution in [-0.4, -0.2) is 55.2 Å². The molecule has 1 saturated heterocycles. The fourth-order valence-corrected chi connectivity index (χ4v) is 4.26. The number of rotatable bonds is 4. The molecular weight excluding hydrogens is 489 g/mol. The zero-order chi connectivity index (χ0) is 18.8. The van der Waals surface area contributed by atoms with E-state index >= 15 is 0 Å². The molecule has 28 heavy (non-hydrogen) atoms. The number of piperazine rings is 1. The summed E-state index contributed by atoms with van der Waals surface area (Å²) in [5.41, 5.74) is 8.45. The number of fused-ring (bicyclic) bond motifs is 1. The van der Waals surface area contributed by atoms with Gasteiger partial charge in [-0.25, -0.2) is 9.98 Å². The van der Waals surface area contributed by atoms with Gasteiger partial charge in [0.2, 0.25) is 0 Å². The van der Waals surface area contributed by atoms with Crippen LogP contribution in [0, 0.1) is 0 Å². The SMILES string of the molecule is COc1cc2c(cc1CN=C(N)N1CCN(c3nccs3)CC1)OC(C)C2.I. The Morgan fingerprint density at radius 1 is 1.36 bits per heavy atom. The first kappa shape index (κ1) is 21.0. The first-order valence-corrected chi connectivity index (χ1v) is 10.1. The normalized spacial score (nSPS) is 19.1. The lowest BCUT2D eigenvalue weighted by Crippen LogP contribution is -2.51. The maximum absolute atomic E-state index is 6.26. The summed E-state index contributed by atoms with van der Waals surface area (Å²) < 4.78 is 11.4. The minimum Gasteiger partial charge on any atom is -0.496 e. The molecule has 2 aliphatic rings. The topological polar surface area (TPSA) is 76.2 Å². The molecule has 2 aromatic rings. The molecule has 1 aromatic carbocycles. The second kappa shape index (κ2) is 9.17. The molecule has 0 amide bonds. The van der Waals surface area contributed by atoms with E-state index in [0.29, 0.717) is 12.5 Å². The molecule has 4 rings (SSSR count). The van der Waals surface area contributed by atoms with Gasteiger partial charge in [0.05, 0.1) is 13.7 Å². The monoisotopic (exact) mass is 515 g/mol. The number of halogens is 1. The lowest BCUT2D eigenvalue weighted by Gasteiger charge is -2.35. The van der Waals surface area contributed by atoms with E-state index in [1.165, 1.54) is 5.56 Å². The van der Waals surface area contributed by atoms with Crippen LogP contribution in [0.1, 0.15) is 18.1 Å². The number of nitrogens with zero attached hydrogens (tertiary/aromatic N) is 4. The van der Waals surface area contributed by atoms with Crippen LogP contribution in [-0.2, 0) is 13.0 Å². The zero-order valence-corrected chi connectivity index (χ0v) is 19.3. The number of thiazole rings is 1. The highest BCUT2D eigenvalue weighted by Gasteiger charge is 2.22. The van der Waals surface area contributed by atoms with Crippen molar-refractivity contribution in [3.8, 4) is 11.5 Å². The second-order valence-electron chi connectivity index (χ2n) is 6.87. The predicted molar refractivity (Wildman–Crippen MR) is 123 cm³/mol. The quantitative estimate of drug-likeness (QED) is 0.384. The number of hydrogen-bond acceptors (Lipinski definition) is 6. The highest BCUT2D eigenvalue weighted by molar-refractivity contribution is 14.0. The van der Waals surface area contributed by atoms with Crippen molar-refractivity contribution in [3.63, 3.8) is 0 Å². The van der Waals surface area contributed by atoms with Crippen molar-refractivity contribution < 1.29 is 9.47 Å². The number of nitrogens with two attached hydrogens (primary N) is 1. The summed E-state index contributed by atoms with van der Waals surface area (Å²) in [4.78, 5) is 13.4. The number of aromatic nitrogens is 1. The maximum Gasteiger partial charge on any atom is 0.191 e. The third-order valence-electron chi connectivity index (χ3n) is 5.00. The Balaban J connectivity index is 0.00000225. The number of guanidine groups is 1. The van der Waals surface area contributed by atoms with Crippen molar-refractivity contribution in [1.82, 2.24) is 9.88 Å². The first-order chi connectivity index (χ1) is 13.1. The average molecular weight is 515 g/mol. The van der Waals surface area contributed by atoms with Crippen LogP contribution in [0.3, 0.4) is 0 Å². The molecule has 1 atom stereocenters. The Bertz CT molecular complexity index is 822. The van der Waals surface area contributed by atoms with Crippen molar-refractivity contribution in [2.75, 3.05) is 38.2 Å². The van der Waals surface area contributed by atoms with Crippen LogP contribution >= 0.6 is 35.3 Å². The molecule has 0 spiro atoms. The molecule has 1 fully saturated rings. The summed E-state index contributed by atoms with van der Waals surface area (Å²) >= 11 is 1.67.